The lowest BCUT2D eigenvalue weighted by molar-refractivity contribution is 0.575. The van der Waals surface area contributed by atoms with Gasteiger partial charge in [-0.3, -0.25) is 0 Å². The monoisotopic (exact) mass is 308 g/mol. The molecule has 0 fully saturated rings. The number of benzene rings is 2. The molecule has 2 aromatic carbocycles. The van der Waals surface area contributed by atoms with Crippen molar-refractivity contribution in [3.63, 3.8) is 0 Å². The second-order valence-electron chi connectivity index (χ2n) is 6.66. The van der Waals surface area contributed by atoms with Crippen LogP contribution in [0.1, 0.15) is 75.0 Å². The summed E-state index contributed by atoms with van der Waals surface area (Å²) in [6, 6.07) is 19.8. The Morgan fingerprint density at radius 2 is 1.13 bits per heavy atom. The molecule has 0 amide bonds. The molecule has 0 unspecified atom stereocenters. The van der Waals surface area contributed by atoms with Crippen molar-refractivity contribution in [1.29, 1.82) is 0 Å². The summed E-state index contributed by atoms with van der Waals surface area (Å²) in [5.41, 5.74) is 4.46. The van der Waals surface area contributed by atoms with Gasteiger partial charge in [-0.15, -0.1) is 0 Å². The van der Waals surface area contributed by atoms with Crippen LogP contribution in [0.3, 0.4) is 0 Å². The van der Waals surface area contributed by atoms with Gasteiger partial charge in [-0.25, -0.2) is 0 Å². The number of hydrogen-bond acceptors (Lipinski definition) is 0. The summed E-state index contributed by atoms with van der Waals surface area (Å²) in [6.07, 6.45) is 13.5. The van der Waals surface area contributed by atoms with Crippen LogP contribution < -0.4 is 0 Å². The van der Waals surface area contributed by atoms with Gasteiger partial charge in [-0.05, 0) is 36.0 Å². The van der Waals surface area contributed by atoms with Crippen LogP contribution in [-0.4, -0.2) is 0 Å². The van der Waals surface area contributed by atoms with Crippen molar-refractivity contribution >= 4 is 0 Å². The standard InChI is InChI=1S/C23H32/c1-2-3-4-5-6-7-8-12-17-22-18-13-14-19-23(22)20-21-15-10-9-11-16-21/h9-11,13-16,18-19H,2-8,12,17,20H2,1H3. The second kappa shape index (κ2) is 11.0. The van der Waals surface area contributed by atoms with Crippen molar-refractivity contribution in [3.05, 3.63) is 71.3 Å². The van der Waals surface area contributed by atoms with E-state index < -0.39 is 0 Å². The third-order valence-electron chi connectivity index (χ3n) is 4.66. The minimum absolute atomic E-state index is 1.06. The number of unbranched alkanes of at least 4 members (excludes halogenated alkanes) is 7. The van der Waals surface area contributed by atoms with Gasteiger partial charge in [0, 0.05) is 0 Å². The number of rotatable bonds is 11. The second-order valence-corrected chi connectivity index (χ2v) is 6.66. The lowest BCUT2D eigenvalue weighted by atomic mass is 9.96. The van der Waals surface area contributed by atoms with Crippen molar-refractivity contribution in [2.75, 3.05) is 0 Å². The number of aryl methyl sites for hydroxylation is 1. The SMILES string of the molecule is CCCCCCCCCCc1ccccc1Cc1ccccc1. The van der Waals surface area contributed by atoms with Crippen LogP contribution in [0.2, 0.25) is 0 Å². The Balaban J connectivity index is 1.73. The van der Waals surface area contributed by atoms with Crippen molar-refractivity contribution in [1.82, 2.24) is 0 Å². The molecule has 0 aliphatic carbocycles. The molecule has 0 nitrogen and oxygen atoms in total. The number of hydrogen-bond donors (Lipinski definition) is 0. The van der Waals surface area contributed by atoms with Crippen LogP contribution >= 0.6 is 0 Å². The molecule has 124 valence electrons. The Morgan fingerprint density at radius 1 is 0.565 bits per heavy atom. The van der Waals surface area contributed by atoms with Gasteiger partial charge in [0.25, 0.3) is 0 Å². The van der Waals surface area contributed by atoms with Gasteiger partial charge in [0.2, 0.25) is 0 Å². The average molecular weight is 309 g/mol. The Labute approximate surface area is 143 Å². The highest BCUT2D eigenvalue weighted by Gasteiger charge is 2.03. The van der Waals surface area contributed by atoms with Crippen molar-refractivity contribution in [3.8, 4) is 0 Å². The van der Waals surface area contributed by atoms with E-state index in [1.54, 1.807) is 5.56 Å². The minimum Gasteiger partial charge on any atom is -0.0654 e. The van der Waals surface area contributed by atoms with Crippen LogP contribution in [0.4, 0.5) is 0 Å². The normalized spacial score (nSPS) is 10.8. The van der Waals surface area contributed by atoms with Crippen LogP contribution in [0, 0.1) is 0 Å². The molecule has 0 atom stereocenters. The Kier molecular flexibility index (Phi) is 8.55. The minimum atomic E-state index is 1.06. The Hall–Kier alpha value is -1.56. The van der Waals surface area contributed by atoms with Gasteiger partial charge in [0.05, 0.1) is 0 Å². The van der Waals surface area contributed by atoms with E-state index in [2.05, 4.69) is 61.5 Å². The van der Waals surface area contributed by atoms with Crippen LogP contribution in [0.25, 0.3) is 0 Å². The molecule has 0 aromatic heterocycles. The summed E-state index contributed by atoms with van der Waals surface area (Å²) in [5, 5.41) is 0. The first-order valence-corrected chi connectivity index (χ1v) is 9.51. The van der Waals surface area contributed by atoms with Crippen molar-refractivity contribution in [2.45, 2.75) is 71.1 Å². The molecule has 23 heavy (non-hydrogen) atoms. The van der Waals surface area contributed by atoms with E-state index in [1.165, 1.54) is 68.9 Å². The molecule has 0 radical (unpaired) electrons. The van der Waals surface area contributed by atoms with E-state index in [9.17, 15) is 0 Å². The van der Waals surface area contributed by atoms with E-state index in [1.807, 2.05) is 0 Å². The van der Waals surface area contributed by atoms with Crippen LogP contribution in [0.5, 0.6) is 0 Å². The highest BCUT2D eigenvalue weighted by atomic mass is 14.1. The molecule has 0 heterocycles. The Bertz CT molecular complexity index is 527. The van der Waals surface area contributed by atoms with E-state index in [-0.39, 0.29) is 0 Å². The maximum atomic E-state index is 2.32. The van der Waals surface area contributed by atoms with E-state index >= 15 is 0 Å². The van der Waals surface area contributed by atoms with E-state index in [0.717, 1.165) is 6.42 Å². The molecule has 0 saturated heterocycles. The van der Waals surface area contributed by atoms with Crippen LogP contribution in [0.15, 0.2) is 54.6 Å². The summed E-state index contributed by atoms with van der Waals surface area (Å²) < 4.78 is 0. The quantitative estimate of drug-likeness (QED) is 0.393. The largest absolute Gasteiger partial charge is 0.0654 e. The molecule has 0 N–H and O–H groups in total. The summed E-state index contributed by atoms with van der Waals surface area (Å²) in [7, 11) is 0. The van der Waals surface area contributed by atoms with Gasteiger partial charge >= 0.3 is 0 Å². The van der Waals surface area contributed by atoms with Crippen LogP contribution in [-0.2, 0) is 12.8 Å². The van der Waals surface area contributed by atoms with Gasteiger partial charge in [-0.1, -0.05) is 106 Å². The first-order chi connectivity index (χ1) is 11.4. The topological polar surface area (TPSA) is 0 Å². The summed E-state index contributed by atoms with van der Waals surface area (Å²) >= 11 is 0. The van der Waals surface area contributed by atoms with Gasteiger partial charge in [0.15, 0.2) is 0 Å². The van der Waals surface area contributed by atoms with Crippen molar-refractivity contribution < 1.29 is 0 Å². The predicted molar refractivity (Wildman–Crippen MR) is 102 cm³/mol. The lowest BCUT2D eigenvalue weighted by Gasteiger charge is -2.10. The smallest absolute Gasteiger partial charge is 0.00230 e. The van der Waals surface area contributed by atoms with Gasteiger partial charge < -0.3 is 0 Å². The van der Waals surface area contributed by atoms with Gasteiger partial charge in [-0.2, -0.15) is 0 Å². The first-order valence-electron chi connectivity index (χ1n) is 9.51. The zero-order valence-electron chi connectivity index (χ0n) is 14.8. The molecular weight excluding hydrogens is 276 g/mol. The molecule has 0 aliphatic heterocycles. The highest BCUT2D eigenvalue weighted by molar-refractivity contribution is 5.32. The third-order valence-corrected chi connectivity index (χ3v) is 4.66. The molecule has 0 spiro atoms. The maximum absolute atomic E-state index is 2.32. The zero-order valence-corrected chi connectivity index (χ0v) is 14.8. The first kappa shape index (κ1) is 17.8. The third kappa shape index (κ3) is 7.03. The van der Waals surface area contributed by atoms with E-state index in [0.29, 0.717) is 0 Å². The molecule has 2 rings (SSSR count). The molecule has 0 heteroatoms. The predicted octanol–water partition coefficient (Wildman–Crippen LogP) is 6.96. The molecule has 0 saturated carbocycles. The molecular formula is C23H32. The fourth-order valence-corrected chi connectivity index (χ4v) is 3.24. The molecule has 2 aromatic rings. The van der Waals surface area contributed by atoms with E-state index in [4.69, 9.17) is 0 Å². The zero-order chi connectivity index (χ0) is 16.2. The van der Waals surface area contributed by atoms with Crippen molar-refractivity contribution in [2.24, 2.45) is 0 Å². The average Bonchev–Trinajstić information content (AvgIpc) is 2.59. The fourth-order valence-electron chi connectivity index (χ4n) is 3.24. The maximum Gasteiger partial charge on any atom is -0.00230 e. The molecule has 0 aliphatic rings. The lowest BCUT2D eigenvalue weighted by Crippen LogP contribution is -1.96. The summed E-state index contributed by atoms with van der Waals surface area (Å²) in [4.78, 5) is 0. The molecule has 0 bridgehead atoms. The summed E-state index contributed by atoms with van der Waals surface area (Å²) in [6.45, 7) is 2.28. The summed E-state index contributed by atoms with van der Waals surface area (Å²) in [5.74, 6) is 0. The highest BCUT2D eigenvalue weighted by Crippen LogP contribution is 2.17. The van der Waals surface area contributed by atoms with Gasteiger partial charge in [0.1, 0.15) is 0 Å². The Morgan fingerprint density at radius 3 is 1.83 bits per heavy atom. The fraction of sp³-hybridized carbons (Fsp3) is 0.478.